The highest BCUT2D eigenvalue weighted by atomic mass is 35.5. The molecule has 0 saturated heterocycles. The van der Waals surface area contributed by atoms with Gasteiger partial charge < -0.3 is 15.0 Å². The summed E-state index contributed by atoms with van der Waals surface area (Å²) in [6.07, 6.45) is -4.43. The maximum atomic E-state index is 13.2. The molecule has 0 bridgehead atoms. The minimum Gasteiger partial charge on any atom is -0.460 e. The van der Waals surface area contributed by atoms with Gasteiger partial charge in [-0.2, -0.15) is 13.2 Å². The van der Waals surface area contributed by atoms with Crippen LogP contribution in [0.25, 0.3) is 0 Å². The van der Waals surface area contributed by atoms with Gasteiger partial charge in [0.05, 0.1) is 11.5 Å². The van der Waals surface area contributed by atoms with Crippen LogP contribution in [0.5, 0.6) is 0 Å². The minimum atomic E-state index is -4.49. The van der Waals surface area contributed by atoms with Gasteiger partial charge in [-0.05, 0) is 65.2 Å². The van der Waals surface area contributed by atoms with Gasteiger partial charge in [-0.25, -0.2) is 0 Å². The van der Waals surface area contributed by atoms with Gasteiger partial charge in [0.1, 0.15) is 17.0 Å². The van der Waals surface area contributed by atoms with Gasteiger partial charge in [-0.3, -0.25) is 14.4 Å². The third kappa shape index (κ3) is 6.62. The fraction of sp³-hybridized carbons (Fsp3) is 0.609. The van der Waals surface area contributed by atoms with Crippen LogP contribution in [0.3, 0.4) is 0 Å². The Balaban J connectivity index is 2.35. The topological polar surface area (TPSA) is 75.7 Å². The van der Waals surface area contributed by atoms with Crippen molar-refractivity contribution in [1.29, 1.82) is 0 Å². The number of amides is 2. The van der Waals surface area contributed by atoms with Crippen LogP contribution in [0.4, 0.5) is 13.2 Å². The van der Waals surface area contributed by atoms with Crippen molar-refractivity contribution in [2.45, 2.75) is 77.4 Å². The standard InChI is InChI=1S/C23H30ClF3N2O4/c1-14(2)28-20(32)22(10-16(11-22)19(31)33-21(3,4)5)29(18(30)12-24)13-15-6-8-17(9-7-15)23(25,26)27/h6-9,14,16H,10-13H2,1-5H3,(H,28,32). The molecule has 10 heteroatoms. The van der Waals surface area contributed by atoms with Gasteiger partial charge >= 0.3 is 12.1 Å². The van der Waals surface area contributed by atoms with E-state index < -0.39 is 52.5 Å². The summed E-state index contributed by atoms with van der Waals surface area (Å²) in [6, 6.07) is 4.13. The number of alkyl halides is 4. The highest BCUT2D eigenvalue weighted by Crippen LogP contribution is 2.45. The number of rotatable bonds is 7. The number of nitrogens with zero attached hydrogens (tertiary/aromatic N) is 1. The molecule has 6 nitrogen and oxygen atoms in total. The molecule has 0 spiro atoms. The van der Waals surface area contributed by atoms with E-state index in [9.17, 15) is 27.6 Å². The average Bonchev–Trinajstić information content (AvgIpc) is 2.63. The summed E-state index contributed by atoms with van der Waals surface area (Å²) in [7, 11) is 0. The van der Waals surface area contributed by atoms with E-state index in [0.29, 0.717) is 5.56 Å². The maximum Gasteiger partial charge on any atom is 0.416 e. The second kappa shape index (κ2) is 9.91. The molecule has 0 unspecified atom stereocenters. The highest BCUT2D eigenvalue weighted by molar-refractivity contribution is 6.27. The maximum absolute atomic E-state index is 13.2. The number of ether oxygens (including phenoxy) is 1. The Morgan fingerprint density at radius 1 is 1.15 bits per heavy atom. The van der Waals surface area contributed by atoms with E-state index >= 15 is 0 Å². The van der Waals surface area contributed by atoms with Crippen LogP contribution in [0.15, 0.2) is 24.3 Å². The summed E-state index contributed by atoms with van der Waals surface area (Å²) >= 11 is 5.82. The van der Waals surface area contributed by atoms with Gasteiger partial charge in [-0.1, -0.05) is 12.1 Å². The first-order valence-electron chi connectivity index (χ1n) is 10.7. The Labute approximate surface area is 196 Å². The lowest BCUT2D eigenvalue weighted by atomic mass is 9.66. The van der Waals surface area contributed by atoms with Crippen molar-refractivity contribution in [2.24, 2.45) is 5.92 Å². The Hall–Kier alpha value is -2.29. The fourth-order valence-electron chi connectivity index (χ4n) is 3.76. The van der Waals surface area contributed by atoms with Crippen molar-refractivity contribution in [3.05, 3.63) is 35.4 Å². The average molecular weight is 491 g/mol. The zero-order valence-corrected chi connectivity index (χ0v) is 20.1. The summed E-state index contributed by atoms with van der Waals surface area (Å²) < 4.78 is 44.1. The van der Waals surface area contributed by atoms with Crippen LogP contribution in [-0.2, 0) is 31.8 Å². The van der Waals surface area contributed by atoms with Crippen molar-refractivity contribution in [3.63, 3.8) is 0 Å². The smallest absolute Gasteiger partial charge is 0.416 e. The van der Waals surface area contributed by atoms with E-state index in [1.54, 1.807) is 34.6 Å². The van der Waals surface area contributed by atoms with E-state index in [2.05, 4.69) is 5.32 Å². The molecule has 0 heterocycles. The third-order valence-electron chi connectivity index (χ3n) is 5.30. The number of hydrogen-bond donors (Lipinski definition) is 1. The molecule has 33 heavy (non-hydrogen) atoms. The van der Waals surface area contributed by atoms with Crippen molar-refractivity contribution in [2.75, 3.05) is 5.88 Å². The molecule has 1 aromatic carbocycles. The molecule has 1 aromatic rings. The first kappa shape index (κ1) is 27.0. The monoisotopic (exact) mass is 490 g/mol. The molecule has 0 aliphatic heterocycles. The first-order chi connectivity index (χ1) is 15.1. The lowest BCUT2D eigenvalue weighted by Gasteiger charge is -2.52. The van der Waals surface area contributed by atoms with Gasteiger partial charge in [-0.15, -0.1) is 11.6 Å². The lowest BCUT2D eigenvalue weighted by molar-refractivity contribution is -0.176. The predicted molar refractivity (Wildman–Crippen MR) is 117 cm³/mol. The van der Waals surface area contributed by atoms with Gasteiger partial charge in [0.15, 0.2) is 0 Å². The second-order valence-electron chi connectivity index (χ2n) is 9.61. The van der Waals surface area contributed by atoms with Crippen LogP contribution in [-0.4, -0.2) is 45.7 Å². The summed E-state index contributed by atoms with van der Waals surface area (Å²) in [5.74, 6) is -2.49. The zero-order valence-electron chi connectivity index (χ0n) is 19.4. The van der Waals surface area contributed by atoms with Crippen molar-refractivity contribution in [1.82, 2.24) is 10.2 Å². The van der Waals surface area contributed by atoms with E-state index in [1.165, 1.54) is 17.0 Å². The molecular weight excluding hydrogens is 461 g/mol. The SMILES string of the molecule is CC(C)NC(=O)C1(N(Cc2ccc(C(F)(F)F)cc2)C(=O)CCl)CC(C(=O)OC(C)(C)C)C1. The summed E-state index contributed by atoms with van der Waals surface area (Å²) in [4.78, 5) is 39.8. The molecule has 1 aliphatic rings. The van der Waals surface area contributed by atoms with E-state index in [0.717, 1.165) is 12.1 Å². The van der Waals surface area contributed by atoms with Crippen molar-refractivity contribution in [3.8, 4) is 0 Å². The first-order valence-corrected chi connectivity index (χ1v) is 11.2. The zero-order chi connectivity index (χ0) is 25.2. The van der Waals surface area contributed by atoms with Crippen LogP contribution in [0.1, 0.15) is 58.6 Å². The molecular formula is C23H30ClF3N2O4. The fourth-order valence-corrected chi connectivity index (χ4v) is 3.91. The summed E-state index contributed by atoms with van der Waals surface area (Å²) in [5.41, 5.74) is -2.48. The molecule has 1 fully saturated rings. The largest absolute Gasteiger partial charge is 0.460 e. The number of carbonyl (C=O) groups excluding carboxylic acids is 3. The molecule has 2 rings (SSSR count). The summed E-state index contributed by atoms with van der Waals surface area (Å²) in [5, 5.41) is 2.79. The molecule has 1 saturated carbocycles. The number of hydrogen-bond acceptors (Lipinski definition) is 4. The minimum absolute atomic E-state index is 0.0315. The molecule has 2 amide bonds. The Morgan fingerprint density at radius 3 is 2.12 bits per heavy atom. The predicted octanol–water partition coefficient (Wildman–Crippen LogP) is 4.29. The van der Waals surface area contributed by atoms with Crippen LogP contribution < -0.4 is 5.32 Å². The van der Waals surface area contributed by atoms with Crippen LogP contribution in [0.2, 0.25) is 0 Å². The second-order valence-corrected chi connectivity index (χ2v) is 9.87. The van der Waals surface area contributed by atoms with Gasteiger partial charge in [0.2, 0.25) is 11.8 Å². The number of carbonyl (C=O) groups is 3. The normalized spacial score (nSPS) is 20.7. The van der Waals surface area contributed by atoms with Crippen molar-refractivity contribution >= 4 is 29.4 Å². The van der Waals surface area contributed by atoms with Gasteiger partial charge in [0.25, 0.3) is 0 Å². The highest BCUT2D eigenvalue weighted by Gasteiger charge is 2.58. The lowest BCUT2D eigenvalue weighted by Crippen LogP contribution is -2.68. The Bertz CT molecular complexity index is 873. The van der Waals surface area contributed by atoms with E-state index in [4.69, 9.17) is 16.3 Å². The molecule has 0 aromatic heterocycles. The Morgan fingerprint density at radius 2 is 1.70 bits per heavy atom. The van der Waals surface area contributed by atoms with Crippen molar-refractivity contribution < 1.29 is 32.3 Å². The molecule has 184 valence electrons. The summed E-state index contributed by atoms with van der Waals surface area (Å²) in [6.45, 7) is 8.59. The third-order valence-corrected chi connectivity index (χ3v) is 5.53. The Kier molecular flexibility index (Phi) is 8.10. The number of benzene rings is 1. The van der Waals surface area contributed by atoms with Crippen LogP contribution in [0, 0.1) is 5.92 Å². The molecule has 1 aliphatic carbocycles. The van der Waals surface area contributed by atoms with Gasteiger partial charge in [0, 0.05) is 12.6 Å². The van der Waals surface area contributed by atoms with Crippen LogP contribution >= 0.6 is 11.6 Å². The number of esters is 1. The van der Waals surface area contributed by atoms with E-state index in [1.807, 2.05) is 0 Å². The molecule has 0 radical (unpaired) electrons. The molecule has 1 N–H and O–H groups in total. The quantitative estimate of drug-likeness (QED) is 0.457. The van der Waals surface area contributed by atoms with E-state index in [-0.39, 0.29) is 25.4 Å². The molecule has 0 atom stereocenters. The number of halogens is 4. The number of nitrogens with one attached hydrogen (secondary N) is 1.